The second-order valence-corrected chi connectivity index (χ2v) is 2.73. The van der Waals surface area contributed by atoms with Crippen LogP contribution in [-0.2, 0) is 4.79 Å². The Labute approximate surface area is 85.3 Å². The predicted octanol–water partition coefficient (Wildman–Crippen LogP) is -0.292. The van der Waals surface area contributed by atoms with Crippen LogP contribution in [0, 0.1) is 0 Å². The second-order valence-electron chi connectivity index (χ2n) is 2.73. The van der Waals surface area contributed by atoms with E-state index in [-0.39, 0.29) is 12.1 Å². The van der Waals surface area contributed by atoms with E-state index in [2.05, 4.69) is 4.99 Å². The molecule has 0 spiro atoms. The fraction of sp³-hybridized carbons (Fsp3) is 0.111. The average Bonchev–Trinajstić information content (AvgIpc) is 2.24. The molecule has 0 aliphatic heterocycles. The van der Waals surface area contributed by atoms with Crippen LogP contribution in [0.15, 0.2) is 17.1 Å². The first kappa shape index (κ1) is 11.0. The highest BCUT2D eigenvalue weighted by Gasteiger charge is 2.09. The van der Waals surface area contributed by atoms with Crippen molar-refractivity contribution >= 4 is 12.1 Å². The van der Waals surface area contributed by atoms with Crippen molar-refractivity contribution in [3.05, 3.63) is 17.7 Å². The molecular formula is C9H10N2O4. The largest absolute Gasteiger partial charge is 0.504 e. The van der Waals surface area contributed by atoms with Gasteiger partial charge in [0.1, 0.15) is 0 Å². The molecule has 0 bridgehead atoms. The normalized spacial score (nSPS) is 10.7. The van der Waals surface area contributed by atoms with Crippen LogP contribution >= 0.6 is 0 Å². The first-order valence-corrected chi connectivity index (χ1v) is 4.07. The van der Waals surface area contributed by atoms with Gasteiger partial charge in [0, 0.05) is 11.8 Å². The molecule has 6 nitrogen and oxygen atoms in total. The molecule has 1 aromatic carbocycles. The molecule has 0 fully saturated rings. The Balaban J connectivity index is 3.02. The fourth-order valence-corrected chi connectivity index (χ4v) is 0.883. The molecule has 1 rings (SSSR count). The van der Waals surface area contributed by atoms with Crippen molar-refractivity contribution in [3.63, 3.8) is 0 Å². The maximum Gasteiger partial charge on any atom is 0.259 e. The first-order chi connectivity index (χ1) is 7.06. The molecule has 0 radical (unpaired) electrons. The van der Waals surface area contributed by atoms with Crippen molar-refractivity contribution in [1.29, 1.82) is 0 Å². The average molecular weight is 210 g/mol. The molecule has 0 aliphatic carbocycles. The number of carbonyl (C=O) groups is 1. The van der Waals surface area contributed by atoms with E-state index in [1.54, 1.807) is 0 Å². The minimum Gasteiger partial charge on any atom is -0.504 e. The number of carbonyl (C=O) groups excluding carboxylic acids is 1. The van der Waals surface area contributed by atoms with E-state index in [0.29, 0.717) is 0 Å². The summed E-state index contributed by atoms with van der Waals surface area (Å²) >= 11 is 0. The van der Waals surface area contributed by atoms with Gasteiger partial charge in [0.05, 0.1) is 6.54 Å². The van der Waals surface area contributed by atoms with E-state index in [1.165, 1.54) is 12.1 Å². The number of phenols is 3. The number of rotatable bonds is 2. The summed E-state index contributed by atoms with van der Waals surface area (Å²) < 4.78 is 0. The lowest BCUT2D eigenvalue weighted by atomic mass is 10.2. The van der Waals surface area contributed by atoms with Crippen molar-refractivity contribution in [3.8, 4) is 17.2 Å². The molecule has 0 unspecified atom stereocenters. The van der Waals surface area contributed by atoms with Crippen molar-refractivity contribution in [2.45, 2.75) is 0 Å². The van der Waals surface area contributed by atoms with Crippen LogP contribution < -0.4 is 5.73 Å². The van der Waals surface area contributed by atoms with Gasteiger partial charge in [-0.05, 0) is 12.1 Å². The molecule has 15 heavy (non-hydrogen) atoms. The van der Waals surface area contributed by atoms with Crippen molar-refractivity contribution in [2.75, 3.05) is 6.54 Å². The Bertz CT molecular complexity index is 415. The number of amides is 1. The van der Waals surface area contributed by atoms with Crippen LogP contribution in [0.1, 0.15) is 5.56 Å². The van der Waals surface area contributed by atoms with Gasteiger partial charge in [0.15, 0.2) is 11.5 Å². The highest BCUT2D eigenvalue weighted by molar-refractivity contribution is 5.95. The number of aromatic hydroxyl groups is 3. The zero-order chi connectivity index (χ0) is 11.4. The van der Waals surface area contributed by atoms with E-state index >= 15 is 0 Å². The zero-order valence-corrected chi connectivity index (χ0v) is 7.71. The number of phenolic OH excluding ortho intramolecular Hbond substituents is 3. The van der Waals surface area contributed by atoms with Gasteiger partial charge in [-0.2, -0.15) is 0 Å². The maximum absolute atomic E-state index is 10.7. The van der Waals surface area contributed by atoms with E-state index in [0.717, 1.165) is 6.21 Å². The van der Waals surface area contributed by atoms with Gasteiger partial charge in [-0.25, -0.2) is 4.99 Å². The van der Waals surface area contributed by atoms with Gasteiger partial charge >= 0.3 is 0 Å². The van der Waals surface area contributed by atoms with E-state index < -0.39 is 23.2 Å². The smallest absolute Gasteiger partial charge is 0.259 e. The number of hydrogen-bond acceptors (Lipinski definition) is 5. The third kappa shape index (κ3) is 2.44. The number of aliphatic imine (C=N–C) groups is 1. The highest BCUT2D eigenvalue weighted by atomic mass is 16.3. The molecule has 1 amide bonds. The van der Waals surface area contributed by atoms with Crippen LogP contribution in [0.4, 0.5) is 0 Å². The molecule has 1 aromatic rings. The summed E-state index contributed by atoms with van der Waals surface area (Å²) in [5.41, 5.74) is 5.13. The van der Waals surface area contributed by atoms with E-state index in [9.17, 15) is 9.90 Å². The van der Waals surface area contributed by atoms with Crippen molar-refractivity contribution < 1.29 is 20.1 Å². The Hall–Kier alpha value is -2.08. The first-order valence-electron chi connectivity index (χ1n) is 4.07. The molecule has 0 heterocycles. The molecule has 0 saturated carbocycles. The monoisotopic (exact) mass is 210 g/mol. The molecule has 0 aromatic heterocycles. The Morgan fingerprint density at radius 1 is 1.33 bits per heavy atom. The van der Waals surface area contributed by atoms with E-state index in [4.69, 9.17) is 15.9 Å². The lowest BCUT2D eigenvalue weighted by molar-refractivity contribution is -0.116. The van der Waals surface area contributed by atoms with Crippen LogP contribution in [0.5, 0.6) is 17.2 Å². The summed E-state index contributed by atoms with van der Waals surface area (Å²) in [6.07, 6.45) is 1.06. The summed E-state index contributed by atoms with van der Waals surface area (Å²) in [6.45, 7) is -0.235. The third-order valence-electron chi connectivity index (χ3n) is 1.68. The predicted molar refractivity (Wildman–Crippen MR) is 53.1 cm³/mol. The zero-order valence-electron chi connectivity index (χ0n) is 7.71. The van der Waals surface area contributed by atoms with Gasteiger partial charge in [0.2, 0.25) is 5.75 Å². The van der Waals surface area contributed by atoms with Crippen LogP contribution in [0.25, 0.3) is 0 Å². The second kappa shape index (κ2) is 4.43. The standard InChI is InChI=1S/C9H10N2O4/c10-3-7(13)11-4-5-1-2-6(12)9(15)8(5)14/h1-2,4,12,14-15H,3,10H2. The van der Waals surface area contributed by atoms with Crippen LogP contribution in [0.3, 0.4) is 0 Å². The Morgan fingerprint density at radius 2 is 2.00 bits per heavy atom. The topological polar surface area (TPSA) is 116 Å². The lowest BCUT2D eigenvalue weighted by Crippen LogP contribution is -2.10. The lowest BCUT2D eigenvalue weighted by Gasteiger charge is -2.02. The molecule has 0 atom stereocenters. The molecule has 6 heteroatoms. The summed E-state index contributed by atoms with van der Waals surface area (Å²) in [5.74, 6) is -2.19. The number of nitrogens with two attached hydrogens (primary N) is 1. The summed E-state index contributed by atoms with van der Waals surface area (Å²) in [7, 11) is 0. The number of benzene rings is 1. The maximum atomic E-state index is 10.7. The van der Waals surface area contributed by atoms with Gasteiger partial charge in [-0.3, -0.25) is 4.79 Å². The Morgan fingerprint density at radius 3 is 2.60 bits per heavy atom. The summed E-state index contributed by atoms with van der Waals surface area (Å²) in [6, 6.07) is 2.47. The van der Waals surface area contributed by atoms with Crippen LogP contribution in [0.2, 0.25) is 0 Å². The Kier molecular flexibility index (Phi) is 3.25. The minimum atomic E-state index is -0.654. The summed E-state index contributed by atoms with van der Waals surface area (Å²) in [5, 5.41) is 27.5. The van der Waals surface area contributed by atoms with Crippen molar-refractivity contribution in [1.82, 2.24) is 0 Å². The third-order valence-corrected chi connectivity index (χ3v) is 1.68. The number of hydrogen-bond donors (Lipinski definition) is 4. The molecule has 5 N–H and O–H groups in total. The van der Waals surface area contributed by atoms with Crippen LogP contribution in [-0.4, -0.2) is 34.0 Å². The van der Waals surface area contributed by atoms with Gasteiger partial charge in [0.25, 0.3) is 5.91 Å². The number of nitrogens with zero attached hydrogens (tertiary/aromatic N) is 1. The molecule has 0 saturated heterocycles. The minimum absolute atomic E-state index is 0.118. The van der Waals surface area contributed by atoms with E-state index in [1.807, 2.05) is 0 Å². The van der Waals surface area contributed by atoms with Crippen molar-refractivity contribution in [2.24, 2.45) is 10.7 Å². The van der Waals surface area contributed by atoms with Gasteiger partial charge in [-0.1, -0.05) is 0 Å². The van der Waals surface area contributed by atoms with Gasteiger partial charge in [-0.15, -0.1) is 0 Å². The molecular weight excluding hydrogens is 200 g/mol. The SMILES string of the molecule is NCC(=O)N=Cc1ccc(O)c(O)c1O. The molecule has 80 valence electrons. The quantitative estimate of drug-likeness (QED) is 0.395. The van der Waals surface area contributed by atoms with Gasteiger partial charge < -0.3 is 21.1 Å². The highest BCUT2D eigenvalue weighted by Crippen LogP contribution is 2.36. The molecule has 0 aliphatic rings. The fourth-order valence-electron chi connectivity index (χ4n) is 0.883. The summed E-state index contributed by atoms with van der Waals surface area (Å²) in [4.78, 5) is 14.1.